The molecule has 1 amide bonds. The molecule has 0 radical (unpaired) electrons. The Morgan fingerprint density at radius 1 is 1.27 bits per heavy atom. The number of para-hydroxylation sites is 1. The van der Waals surface area contributed by atoms with Crippen molar-refractivity contribution in [2.45, 2.75) is 44.6 Å². The first-order valence-corrected chi connectivity index (χ1v) is 9.17. The number of methoxy groups -OCH3 is 1. The summed E-state index contributed by atoms with van der Waals surface area (Å²) in [5.74, 6) is -0.272. The predicted molar refractivity (Wildman–Crippen MR) is 98.8 cm³/mol. The van der Waals surface area contributed by atoms with Crippen molar-refractivity contribution < 1.29 is 19.1 Å². The summed E-state index contributed by atoms with van der Waals surface area (Å²) in [5, 5.41) is 4.02. The topological polar surface area (TPSA) is 80.4 Å². The van der Waals surface area contributed by atoms with E-state index in [4.69, 9.17) is 9.47 Å². The van der Waals surface area contributed by atoms with Crippen molar-refractivity contribution in [2.24, 2.45) is 0 Å². The van der Waals surface area contributed by atoms with Crippen LogP contribution >= 0.6 is 0 Å². The van der Waals surface area contributed by atoms with Crippen molar-refractivity contribution in [2.75, 3.05) is 20.3 Å². The number of benzene rings is 1. The molecule has 0 spiro atoms. The van der Waals surface area contributed by atoms with Crippen molar-refractivity contribution in [3.8, 4) is 0 Å². The summed E-state index contributed by atoms with van der Waals surface area (Å²) in [5.41, 5.74) is 2.61. The third kappa shape index (κ3) is 3.60. The lowest BCUT2D eigenvalue weighted by molar-refractivity contribution is -0.144. The molecule has 2 N–H and O–H groups in total. The number of hydrogen-bond donors (Lipinski definition) is 2. The van der Waals surface area contributed by atoms with Gasteiger partial charge in [-0.1, -0.05) is 18.2 Å². The maximum atomic E-state index is 12.0. The number of fused-ring (bicyclic) bond motifs is 3. The van der Waals surface area contributed by atoms with Gasteiger partial charge in [-0.25, -0.2) is 0 Å². The van der Waals surface area contributed by atoms with Crippen LogP contribution in [0.2, 0.25) is 0 Å². The number of H-pyrrole nitrogens is 1. The smallest absolute Gasteiger partial charge is 0.305 e. The summed E-state index contributed by atoms with van der Waals surface area (Å²) >= 11 is 0. The largest absolute Gasteiger partial charge is 0.469 e. The standard InChI is InChI=1S/C20H26N2O4/c1-3-21-17(23)8-11-20(12-9-18(24)25-2)19-15(10-13-26-20)14-6-4-5-7-16(14)22-19/h4-7,22H,3,8-13H2,1-2H3,(H,21,23). The minimum atomic E-state index is -0.675. The fourth-order valence-corrected chi connectivity index (χ4v) is 3.80. The number of carbonyl (C=O) groups is 2. The number of hydrogen-bond acceptors (Lipinski definition) is 4. The van der Waals surface area contributed by atoms with E-state index in [1.807, 2.05) is 25.1 Å². The fraction of sp³-hybridized carbons (Fsp3) is 0.500. The van der Waals surface area contributed by atoms with Crippen molar-refractivity contribution in [3.63, 3.8) is 0 Å². The first-order chi connectivity index (χ1) is 12.6. The fourth-order valence-electron chi connectivity index (χ4n) is 3.80. The van der Waals surface area contributed by atoms with Gasteiger partial charge in [-0.15, -0.1) is 0 Å². The molecule has 0 saturated carbocycles. The number of esters is 1. The summed E-state index contributed by atoms with van der Waals surface area (Å²) in [4.78, 5) is 27.3. The van der Waals surface area contributed by atoms with E-state index >= 15 is 0 Å². The zero-order valence-corrected chi connectivity index (χ0v) is 15.4. The SMILES string of the molecule is CCNC(=O)CCC1(CCC(=O)OC)OCCc2c1[nH]c1ccccc21. The minimum Gasteiger partial charge on any atom is -0.469 e. The van der Waals surface area contributed by atoms with Crippen LogP contribution in [0.3, 0.4) is 0 Å². The van der Waals surface area contributed by atoms with E-state index < -0.39 is 5.60 Å². The number of amides is 1. The number of ether oxygens (including phenoxy) is 2. The summed E-state index contributed by atoms with van der Waals surface area (Å²) in [6, 6.07) is 8.17. The summed E-state index contributed by atoms with van der Waals surface area (Å²) in [6.45, 7) is 3.08. The van der Waals surface area contributed by atoms with Gasteiger partial charge in [-0.05, 0) is 37.8 Å². The lowest BCUT2D eigenvalue weighted by atomic mass is 9.83. The van der Waals surface area contributed by atoms with E-state index in [9.17, 15) is 9.59 Å². The van der Waals surface area contributed by atoms with Crippen LogP contribution in [0, 0.1) is 0 Å². The lowest BCUT2D eigenvalue weighted by Crippen LogP contribution is -2.38. The molecule has 0 fully saturated rings. The Bertz CT molecular complexity index is 798. The van der Waals surface area contributed by atoms with Crippen molar-refractivity contribution in [3.05, 3.63) is 35.5 Å². The lowest BCUT2D eigenvalue weighted by Gasteiger charge is -2.37. The molecule has 6 nitrogen and oxygen atoms in total. The Hall–Kier alpha value is -2.34. The van der Waals surface area contributed by atoms with Gasteiger partial charge in [0.1, 0.15) is 5.60 Å². The summed E-state index contributed by atoms with van der Waals surface area (Å²) in [6.07, 6.45) is 2.43. The van der Waals surface area contributed by atoms with E-state index in [0.29, 0.717) is 32.4 Å². The third-order valence-electron chi connectivity index (χ3n) is 5.09. The second kappa shape index (κ2) is 7.91. The number of nitrogens with one attached hydrogen (secondary N) is 2. The molecule has 140 valence electrons. The van der Waals surface area contributed by atoms with E-state index in [1.165, 1.54) is 18.1 Å². The molecule has 0 aliphatic carbocycles. The zero-order chi connectivity index (χ0) is 18.6. The highest BCUT2D eigenvalue weighted by molar-refractivity contribution is 5.85. The first-order valence-electron chi connectivity index (χ1n) is 9.17. The molecular formula is C20H26N2O4. The number of aromatic amines is 1. The minimum absolute atomic E-state index is 0.00298. The van der Waals surface area contributed by atoms with Crippen LogP contribution in [-0.4, -0.2) is 37.1 Å². The van der Waals surface area contributed by atoms with Crippen molar-refractivity contribution in [1.29, 1.82) is 0 Å². The molecule has 26 heavy (non-hydrogen) atoms. The van der Waals surface area contributed by atoms with Crippen LogP contribution < -0.4 is 5.32 Å². The predicted octanol–water partition coefficient (Wildman–Crippen LogP) is 2.81. The van der Waals surface area contributed by atoms with E-state index in [0.717, 1.165) is 17.6 Å². The molecule has 0 bridgehead atoms. The van der Waals surface area contributed by atoms with Crippen LogP contribution in [0.25, 0.3) is 10.9 Å². The highest BCUT2D eigenvalue weighted by atomic mass is 16.5. The van der Waals surface area contributed by atoms with Gasteiger partial charge in [0, 0.05) is 30.3 Å². The van der Waals surface area contributed by atoms with E-state index in [2.05, 4.69) is 16.4 Å². The van der Waals surface area contributed by atoms with Crippen molar-refractivity contribution in [1.82, 2.24) is 10.3 Å². The molecule has 2 aromatic rings. The Morgan fingerprint density at radius 3 is 2.81 bits per heavy atom. The molecule has 6 heteroatoms. The van der Waals surface area contributed by atoms with Crippen molar-refractivity contribution >= 4 is 22.8 Å². The summed E-state index contributed by atoms with van der Waals surface area (Å²) < 4.78 is 11.0. The van der Waals surface area contributed by atoms with Crippen LogP contribution in [0.1, 0.15) is 43.9 Å². The Kier molecular flexibility index (Phi) is 5.61. The number of carbonyl (C=O) groups excluding carboxylic acids is 2. The van der Waals surface area contributed by atoms with Gasteiger partial charge in [-0.2, -0.15) is 0 Å². The second-order valence-corrected chi connectivity index (χ2v) is 6.65. The first kappa shape index (κ1) is 18.5. The molecule has 1 unspecified atom stereocenters. The van der Waals surface area contributed by atoms with Gasteiger partial charge in [-0.3, -0.25) is 9.59 Å². The Balaban J connectivity index is 1.95. The van der Waals surface area contributed by atoms with Gasteiger partial charge in [0.05, 0.1) is 19.4 Å². The second-order valence-electron chi connectivity index (χ2n) is 6.65. The Morgan fingerprint density at radius 2 is 2.04 bits per heavy atom. The highest BCUT2D eigenvalue weighted by Crippen LogP contribution is 2.43. The summed E-state index contributed by atoms with van der Waals surface area (Å²) in [7, 11) is 1.39. The normalized spacial score (nSPS) is 19.2. The van der Waals surface area contributed by atoms with Gasteiger partial charge in [0.2, 0.25) is 5.91 Å². The number of rotatable bonds is 7. The van der Waals surface area contributed by atoms with Gasteiger partial charge in [0.25, 0.3) is 0 Å². The molecule has 1 aromatic heterocycles. The molecular weight excluding hydrogens is 332 g/mol. The Labute approximate surface area is 153 Å². The van der Waals surface area contributed by atoms with Crippen LogP contribution in [0.5, 0.6) is 0 Å². The van der Waals surface area contributed by atoms with Gasteiger partial charge in [0.15, 0.2) is 0 Å². The van der Waals surface area contributed by atoms with Crippen LogP contribution in [0.4, 0.5) is 0 Å². The maximum absolute atomic E-state index is 12.0. The molecule has 1 atom stereocenters. The quantitative estimate of drug-likeness (QED) is 0.746. The average Bonchev–Trinajstić information content (AvgIpc) is 3.05. The van der Waals surface area contributed by atoms with E-state index in [-0.39, 0.29) is 18.3 Å². The third-order valence-corrected chi connectivity index (χ3v) is 5.09. The monoisotopic (exact) mass is 358 g/mol. The zero-order valence-electron chi connectivity index (χ0n) is 15.4. The van der Waals surface area contributed by atoms with Crippen LogP contribution in [0.15, 0.2) is 24.3 Å². The average molecular weight is 358 g/mol. The molecule has 1 aromatic carbocycles. The van der Waals surface area contributed by atoms with Gasteiger partial charge < -0.3 is 19.8 Å². The molecule has 0 saturated heterocycles. The molecule has 1 aliphatic rings. The molecule has 2 heterocycles. The maximum Gasteiger partial charge on any atom is 0.305 e. The van der Waals surface area contributed by atoms with Gasteiger partial charge >= 0.3 is 5.97 Å². The number of aromatic nitrogens is 1. The molecule has 3 rings (SSSR count). The molecule has 1 aliphatic heterocycles. The van der Waals surface area contributed by atoms with E-state index in [1.54, 1.807) is 0 Å². The highest BCUT2D eigenvalue weighted by Gasteiger charge is 2.40. The van der Waals surface area contributed by atoms with Crippen LogP contribution in [-0.2, 0) is 31.1 Å².